The zero-order valence-corrected chi connectivity index (χ0v) is 11.7. The lowest BCUT2D eigenvalue weighted by Crippen LogP contribution is -2.29. The van der Waals surface area contributed by atoms with Crippen molar-refractivity contribution >= 4 is 5.69 Å². The van der Waals surface area contributed by atoms with Crippen molar-refractivity contribution in [1.82, 2.24) is 0 Å². The minimum Gasteiger partial charge on any atom is -0.389 e. The molecule has 1 saturated carbocycles. The van der Waals surface area contributed by atoms with Gasteiger partial charge >= 0.3 is 0 Å². The van der Waals surface area contributed by atoms with Crippen LogP contribution in [0.4, 0.5) is 18.9 Å². The van der Waals surface area contributed by atoms with Crippen LogP contribution in [0, 0.1) is 17.5 Å². The minimum absolute atomic E-state index is 0.0633. The molecule has 6 heteroatoms. The lowest BCUT2D eigenvalue weighted by atomic mass is 9.98. The molecule has 1 aliphatic carbocycles. The van der Waals surface area contributed by atoms with Crippen molar-refractivity contribution in [3.63, 3.8) is 0 Å². The average molecular weight is 303 g/mol. The van der Waals surface area contributed by atoms with E-state index in [1.165, 1.54) is 6.42 Å². The normalized spacial score (nSPS) is 17.7. The molecule has 2 rings (SSSR count). The Balaban J connectivity index is 1.77. The number of rotatable bonds is 6. The number of benzene rings is 1. The van der Waals surface area contributed by atoms with Crippen molar-refractivity contribution in [1.29, 1.82) is 0 Å². The van der Waals surface area contributed by atoms with Gasteiger partial charge < -0.3 is 15.2 Å². The molecule has 0 aliphatic heterocycles. The topological polar surface area (TPSA) is 41.5 Å². The molecule has 0 radical (unpaired) electrons. The summed E-state index contributed by atoms with van der Waals surface area (Å²) >= 11 is 0. The molecule has 1 aromatic carbocycles. The molecular weight excluding hydrogens is 283 g/mol. The van der Waals surface area contributed by atoms with E-state index < -0.39 is 29.2 Å². The third-order valence-electron chi connectivity index (χ3n) is 3.60. The van der Waals surface area contributed by atoms with Crippen LogP contribution >= 0.6 is 0 Å². The predicted molar refractivity (Wildman–Crippen MR) is 73.6 cm³/mol. The summed E-state index contributed by atoms with van der Waals surface area (Å²) in [5.74, 6) is -3.02. The molecule has 1 unspecified atom stereocenters. The zero-order valence-electron chi connectivity index (χ0n) is 11.7. The van der Waals surface area contributed by atoms with Crippen LogP contribution in [0.5, 0.6) is 0 Å². The second-order valence-electron chi connectivity index (χ2n) is 5.37. The van der Waals surface area contributed by atoms with E-state index in [0.29, 0.717) is 12.1 Å². The van der Waals surface area contributed by atoms with Gasteiger partial charge in [-0.25, -0.2) is 13.2 Å². The molecule has 1 aromatic rings. The van der Waals surface area contributed by atoms with Crippen molar-refractivity contribution in [2.24, 2.45) is 0 Å². The minimum atomic E-state index is -1.02. The van der Waals surface area contributed by atoms with Gasteiger partial charge in [0.2, 0.25) is 0 Å². The maximum Gasteiger partial charge on any atom is 0.152 e. The molecule has 1 aliphatic rings. The summed E-state index contributed by atoms with van der Waals surface area (Å²) in [4.78, 5) is 0. The molecule has 2 N–H and O–H groups in total. The van der Waals surface area contributed by atoms with Crippen LogP contribution in [-0.4, -0.2) is 30.5 Å². The SMILES string of the molecule is OC(CNc1c(F)cc(F)cc1F)COC1CCCCC1. The lowest BCUT2D eigenvalue weighted by molar-refractivity contribution is -0.0195. The lowest BCUT2D eigenvalue weighted by Gasteiger charge is -2.23. The van der Waals surface area contributed by atoms with Gasteiger partial charge in [0, 0.05) is 18.7 Å². The first-order chi connectivity index (χ1) is 10.1. The summed E-state index contributed by atoms with van der Waals surface area (Å²) in [5.41, 5.74) is -0.437. The molecule has 1 atom stereocenters. The molecule has 0 spiro atoms. The van der Waals surface area contributed by atoms with Gasteiger partial charge in [0.05, 0.1) is 18.8 Å². The van der Waals surface area contributed by atoms with Crippen LogP contribution in [0.1, 0.15) is 32.1 Å². The van der Waals surface area contributed by atoms with Gasteiger partial charge in [-0.1, -0.05) is 19.3 Å². The number of aliphatic hydroxyl groups excluding tert-OH is 1. The molecule has 21 heavy (non-hydrogen) atoms. The highest BCUT2D eigenvalue weighted by Crippen LogP contribution is 2.21. The Kier molecular flexibility index (Phi) is 5.87. The molecule has 0 bridgehead atoms. The summed E-state index contributed by atoms with van der Waals surface area (Å²) in [6.07, 6.45) is 4.73. The number of aliphatic hydroxyl groups is 1. The van der Waals surface area contributed by atoms with Crippen molar-refractivity contribution in [2.75, 3.05) is 18.5 Å². The Morgan fingerprint density at radius 1 is 1.14 bits per heavy atom. The van der Waals surface area contributed by atoms with E-state index >= 15 is 0 Å². The van der Waals surface area contributed by atoms with E-state index in [2.05, 4.69) is 5.32 Å². The highest BCUT2D eigenvalue weighted by Gasteiger charge is 2.17. The van der Waals surface area contributed by atoms with Gasteiger partial charge in [0.1, 0.15) is 11.5 Å². The highest BCUT2D eigenvalue weighted by molar-refractivity contribution is 5.46. The third-order valence-corrected chi connectivity index (χ3v) is 3.60. The predicted octanol–water partition coefficient (Wildman–Crippen LogP) is 3.23. The standard InChI is InChI=1S/C15H20F3NO2/c16-10-6-13(17)15(14(18)7-10)19-8-11(20)9-21-12-4-2-1-3-5-12/h6-7,11-12,19-20H,1-5,8-9H2. The first-order valence-electron chi connectivity index (χ1n) is 7.24. The van der Waals surface area contributed by atoms with Crippen LogP contribution in [0.25, 0.3) is 0 Å². The number of ether oxygens (including phenoxy) is 1. The fraction of sp³-hybridized carbons (Fsp3) is 0.600. The van der Waals surface area contributed by atoms with Crippen LogP contribution in [0.2, 0.25) is 0 Å². The fourth-order valence-corrected chi connectivity index (χ4v) is 2.47. The summed E-state index contributed by atoms with van der Waals surface area (Å²) in [7, 11) is 0. The Morgan fingerprint density at radius 3 is 2.38 bits per heavy atom. The van der Waals surface area contributed by atoms with Crippen LogP contribution < -0.4 is 5.32 Å². The van der Waals surface area contributed by atoms with Crippen molar-refractivity contribution < 1.29 is 23.0 Å². The van der Waals surface area contributed by atoms with E-state index in [1.54, 1.807) is 0 Å². The Labute approximate surface area is 122 Å². The second kappa shape index (κ2) is 7.66. The Hall–Kier alpha value is -1.27. The quantitative estimate of drug-likeness (QED) is 0.848. The molecule has 118 valence electrons. The Bertz CT molecular complexity index is 441. The summed E-state index contributed by atoms with van der Waals surface area (Å²) in [6.45, 7) is 0.0499. The fourth-order valence-electron chi connectivity index (χ4n) is 2.47. The van der Waals surface area contributed by atoms with E-state index in [9.17, 15) is 18.3 Å². The number of anilines is 1. The van der Waals surface area contributed by atoms with E-state index in [4.69, 9.17) is 4.74 Å². The summed E-state index contributed by atoms with van der Waals surface area (Å²) < 4.78 is 45.1. The van der Waals surface area contributed by atoms with Gasteiger partial charge in [0.25, 0.3) is 0 Å². The number of hydrogen-bond acceptors (Lipinski definition) is 3. The molecule has 0 heterocycles. The average Bonchev–Trinajstić information content (AvgIpc) is 2.45. The van der Waals surface area contributed by atoms with Gasteiger partial charge in [0.15, 0.2) is 11.6 Å². The first kappa shape index (κ1) is 16.1. The van der Waals surface area contributed by atoms with E-state index in [-0.39, 0.29) is 19.3 Å². The second-order valence-corrected chi connectivity index (χ2v) is 5.37. The zero-order chi connectivity index (χ0) is 15.2. The molecule has 0 aromatic heterocycles. The van der Waals surface area contributed by atoms with E-state index in [1.807, 2.05) is 0 Å². The summed E-state index contributed by atoms with van der Waals surface area (Å²) in [5, 5.41) is 12.2. The van der Waals surface area contributed by atoms with Crippen molar-refractivity contribution in [2.45, 2.75) is 44.3 Å². The largest absolute Gasteiger partial charge is 0.389 e. The number of hydrogen-bond donors (Lipinski definition) is 2. The van der Waals surface area contributed by atoms with Gasteiger partial charge in [-0.2, -0.15) is 0 Å². The molecule has 0 saturated heterocycles. The van der Waals surface area contributed by atoms with Gasteiger partial charge in [-0.05, 0) is 12.8 Å². The van der Waals surface area contributed by atoms with Gasteiger partial charge in [-0.3, -0.25) is 0 Å². The maximum absolute atomic E-state index is 13.4. The monoisotopic (exact) mass is 303 g/mol. The Morgan fingerprint density at radius 2 is 1.76 bits per heavy atom. The third kappa shape index (κ3) is 4.89. The molecular formula is C15H20F3NO2. The van der Waals surface area contributed by atoms with Crippen molar-refractivity contribution in [3.05, 3.63) is 29.6 Å². The van der Waals surface area contributed by atoms with Crippen LogP contribution in [-0.2, 0) is 4.74 Å². The summed E-state index contributed by atoms with van der Waals surface area (Å²) in [6, 6.07) is 1.19. The first-order valence-corrected chi connectivity index (χ1v) is 7.24. The molecule has 0 amide bonds. The van der Waals surface area contributed by atoms with Crippen LogP contribution in [0.3, 0.4) is 0 Å². The number of nitrogens with one attached hydrogen (secondary N) is 1. The smallest absolute Gasteiger partial charge is 0.152 e. The highest BCUT2D eigenvalue weighted by atomic mass is 19.1. The molecule has 1 fully saturated rings. The maximum atomic E-state index is 13.4. The van der Waals surface area contributed by atoms with Gasteiger partial charge in [-0.15, -0.1) is 0 Å². The number of halogens is 3. The van der Waals surface area contributed by atoms with Crippen LogP contribution in [0.15, 0.2) is 12.1 Å². The van der Waals surface area contributed by atoms with E-state index in [0.717, 1.165) is 25.7 Å². The molecule has 3 nitrogen and oxygen atoms in total. The van der Waals surface area contributed by atoms with Crippen molar-refractivity contribution in [3.8, 4) is 0 Å².